The van der Waals surface area contributed by atoms with Gasteiger partial charge in [-0.1, -0.05) is 28.1 Å². The van der Waals surface area contributed by atoms with Crippen LogP contribution in [0.25, 0.3) is 6.08 Å². The van der Waals surface area contributed by atoms with E-state index >= 15 is 0 Å². The second-order valence-electron chi connectivity index (χ2n) is 4.55. The lowest BCUT2D eigenvalue weighted by molar-refractivity contribution is -0.113. The number of nitrogens with zero attached hydrogens (tertiary/aromatic N) is 1. The minimum atomic E-state index is -0.416. The Hall–Kier alpha value is -1.92. The maximum Gasteiger partial charge on any atom is 0.298 e. The zero-order valence-electron chi connectivity index (χ0n) is 11.1. The number of thioether (sulfide) groups is 1. The third-order valence-electron chi connectivity index (χ3n) is 3.02. The Bertz CT molecular complexity index is 789. The van der Waals surface area contributed by atoms with E-state index in [2.05, 4.69) is 15.9 Å². The van der Waals surface area contributed by atoms with Gasteiger partial charge in [0.05, 0.1) is 10.6 Å². The second kappa shape index (κ2) is 6.06. The molecule has 0 radical (unpaired) electrons. The van der Waals surface area contributed by atoms with Crippen molar-refractivity contribution in [3.8, 4) is 0 Å². The summed E-state index contributed by atoms with van der Waals surface area (Å²) in [5.74, 6) is -0.818. The van der Waals surface area contributed by atoms with Crippen molar-refractivity contribution in [3.63, 3.8) is 0 Å². The van der Waals surface area contributed by atoms with E-state index in [1.54, 1.807) is 6.08 Å². The summed E-state index contributed by atoms with van der Waals surface area (Å²) >= 11 is 4.23. The lowest BCUT2D eigenvalue weighted by atomic mass is 10.2. The number of rotatable bonds is 2. The summed E-state index contributed by atoms with van der Waals surface area (Å²) in [5.41, 5.74) is 1.18. The van der Waals surface area contributed by atoms with Crippen LogP contribution in [0.3, 0.4) is 0 Å². The van der Waals surface area contributed by atoms with Gasteiger partial charge in [0.25, 0.3) is 11.1 Å². The normalized spacial score (nSPS) is 16.6. The van der Waals surface area contributed by atoms with Crippen LogP contribution in [0.5, 0.6) is 0 Å². The molecule has 0 spiro atoms. The Labute approximate surface area is 138 Å². The maximum atomic E-state index is 13.0. The third kappa shape index (κ3) is 2.98. The van der Waals surface area contributed by atoms with E-state index in [1.165, 1.54) is 24.3 Å². The molecule has 1 aliphatic rings. The first kappa shape index (κ1) is 15.0. The highest BCUT2D eigenvalue weighted by molar-refractivity contribution is 9.10. The SMILES string of the molecule is O=C1S/C(=C\c2cccc(Br)c2)C(=O)N1c1ccc(F)cc1. The van der Waals surface area contributed by atoms with Crippen LogP contribution < -0.4 is 4.90 Å². The molecule has 0 saturated carbocycles. The van der Waals surface area contributed by atoms with Crippen molar-refractivity contribution in [3.05, 3.63) is 69.3 Å². The highest BCUT2D eigenvalue weighted by Gasteiger charge is 2.36. The topological polar surface area (TPSA) is 37.4 Å². The van der Waals surface area contributed by atoms with Gasteiger partial charge in [0.15, 0.2) is 0 Å². The molecule has 1 aliphatic heterocycles. The van der Waals surface area contributed by atoms with Gasteiger partial charge < -0.3 is 0 Å². The molecule has 1 saturated heterocycles. The van der Waals surface area contributed by atoms with Crippen molar-refractivity contribution in [2.24, 2.45) is 0 Å². The molecule has 0 aliphatic carbocycles. The van der Waals surface area contributed by atoms with Crippen molar-refractivity contribution < 1.29 is 14.0 Å². The molecular formula is C16H9BrFNO2S. The summed E-state index contributed by atoms with van der Waals surface area (Å²) in [6.07, 6.45) is 1.67. The third-order valence-corrected chi connectivity index (χ3v) is 4.39. The molecule has 22 heavy (non-hydrogen) atoms. The van der Waals surface area contributed by atoms with Crippen LogP contribution in [0.2, 0.25) is 0 Å². The van der Waals surface area contributed by atoms with E-state index in [-0.39, 0.29) is 0 Å². The molecule has 0 aromatic heterocycles. The fourth-order valence-electron chi connectivity index (χ4n) is 2.03. The Kier molecular flexibility index (Phi) is 4.13. The van der Waals surface area contributed by atoms with Gasteiger partial charge in [0.2, 0.25) is 0 Å². The van der Waals surface area contributed by atoms with Crippen molar-refractivity contribution in [1.82, 2.24) is 0 Å². The molecule has 3 nitrogen and oxygen atoms in total. The van der Waals surface area contributed by atoms with E-state index in [0.29, 0.717) is 10.6 Å². The van der Waals surface area contributed by atoms with Gasteiger partial charge in [-0.3, -0.25) is 9.59 Å². The standard InChI is InChI=1S/C16H9BrFNO2S/c17-11-3-1-2-10(8-11)9-14-15(20)19(16(21)22-14)13-6-4-12(18)5-7-13/h1-9H/b14-9-. The molecule has 110 valence electrons. The number of imide groups is 1. The molecule has 6 heteroatoms. The van der Waals surface area contributed by atoms with Crippen LogP contribution in [0.15, 0.2) is 57.9 Å². The summed E-state index contributed by atoms with van der Waals surface area (Å²) in [6, 6.07) is 12.7. The summed E-state index contributed by atoms with van der Waals surface area (Å²) in [5, 5.41) is -0.391. The minimum absolute atomic E-state index is 0.340. The average molecular weight is 378 g/mol. The number of carbonyl (C=O) groups is 2. The van der Waals surface area contributed by atoms with Crippen molar-refractivity contribution in [2.75, 3.05) is 4.90 Å². The zero-order valence-corrected chi connectivity index (χ0v) is 13.5. The van der Waals surface area contributed by atoms with Crippen molar-refractivity contribution in [1.29, 1.82) is 0 Å². The lowest BCUT2D eigenvalue weighted by Gasteiger charge is -2.11. The van der Waals surface area contributed by atoms with Crippen molar-refractivity contribution >= 4 is 50.6 Å². The molecule has 2 amide bonds. The average Bonchev–Trinajstić information content (AvgIpc) is 2.75. The van der Waals surface area contributed by atoms with E-state index in [1.807, 2.05) is 24.3 Å². The van der Waals surface area contributed by atoms with Crippen LogP contribution in [-0.2, 0) is 4.79 Å². The Morgan fingerprint density at radius 2 is 1.82 bits per heavy atom. The second-order valence-corrected chi connectivity index (χ2v) is 6.46. The highest BCUT2D eigenvalue weighted by atomic mass is 79.9. The number of carbonyl (C=O) groups excluding carboxylic acids is 2. The summed E-state index contributed by atoms with van der Waals surface area (Å²) < 4.78 is 13.8. The molecule has 1 heterocycles. The summed E-state index contributed by atoms with van der Waals surface area (Å²) in [6.45, 7) is 0. The first-order valence-corrected chi connectivity index (χ1v) is 7.94. The monoisotopic (exact) mass is 377 g/mol. The van der Waals surface area contributed by atoms with Gasteiger partial charge in [-0.25, -0.2) is 9.29 Å². The van der Waals surface area contributed by atoms with Gasteiger partial charge >= 0.3 is 0 Å². The predicted molar refractivity (Wildman–Crippen MR) is 89.0 cm³/mol. The molecule has 2 aromatic carbocycles. The summed E-state index contributed by atoms with van der Waals surface area (Å²) in [7, 11) is 0. The van der Waals surface area contributed by atoms with E-state index in [9.17, 15) is 14.0 Å². The van der Waals surface area contributed by atoms with Gasteiger partial charge in [0.1, 0.15) is 5.82 Å². The molecule has 0 unspecified atom stereocenters. The number of hydrogen-bond acceptors (Lipinski definition) is 3. The number of halogens is 2. The minimum Gasteiger partial charge on any atom is -0.268 e. The van der Waals surface area contributed by atoms with Crippen LogP contribution >= 0.6 is 27.7 Å². The van der Waals surface area contributed by atoms with Crippen LogP contribution in [0, 0.1) is 5.82 Å². The number of hydrogen-bond donors (Lipinski definition) is 0. The van der Waals surface area contributed by atoms with Gasteiger partial charge in [0, 0.05) is 4.47 Å². The molecule has 0 atom stereocenters. The van der Waals surface area contributed by atoms with Gasteiger partial charge in [-0.2, -0.15) is 0 Å². The summed E-state index contributed by atoms with van der Waals surface area (Å²) in [4.78, 5) is 25.9. The first-order chi connectivity index (χ1) is 10.5. The fraction of sp³-hybridized carbons (Fsp3) is 0. The predicted octanol–water partition coefficient (Wildman–Crippen LogP) is 4.83. The van der Waals surface area contributed by atoms with Crippen LogP contribution in [0.4, 0.5) is 14.9 Å². The molecule has 3 rings (SSSR count). The molecule has 2 aromatic rings. The number of amides is 2. The fourth-order valence-corrected chi connectivity index (χ4v) is 3.29. The number of anilines is 1. The zero-order chi connectivity index (χ0) is 15.7. The molecule has 0 N–H and O–H groups in total. The van der Waals surface area contributed by atoms with Crippen LogP contribution in [-0.4, -0.2) is 11.1 Å². The van der Waals surface area contributed by atoms with E-state index in [4.69, 9.17) is 0 Å². The van der Waals surface area contributed by atoms with E-state index in [0.717, 1.165) is 26.7 Å². The quantitative estimate of drug-likeness (QED) is 0.703. The Balaban J connectivity index is 1.93. The Morgan fingerprint density at radius 3 is 2.50 bits per heavy atom. The van der Waals surface area contributed by atoms with Gasteiger partial charge in [-0.15, -0.1) is 0 Å². The maximum absolute atomic E-state index is 13.0. The largest absolute Gasteiger partial charge is 0.298 e. The van der Waals surface area contributed by atoms with E-state index < -0.39 is 17.0 Å². The van der Waals surface area contributed by atoms with Gasteiger partial charge in [-0.05, 0) is 59.8 Å². The highest BCUT2D eigenvalue weighted by Crippen LogP contribution is 2.35. The number of benzene rings is 2. The van der Waals surface area contributed by atoms with Crippen LogP contribution in [0.1, 0.15) is 5.56 Å². The molecule has 1 fully saturated rings. The molecular weight excluding hydrogens is 369 g/mol. The van der Waals surface area contributed by atoms with Crippen molar-refractivity contribution in [2.45, 2.75) is 0 Å². The first-order valence-electron chi connectivity index (χ1n) is 6.34. The lowest BCUT2D eigenvalue weighted by Crippen LogP contribution is -2.27. The smallest absolute Gasteiger partial charge is 0.268 e. The Morgan fingerprint density at radius 1 is 1.09 bits per heavy atom. The molecule has 0 bridgehead atoms.